The van der Waals surface area contributed by atoms with Crippen LogP contribution in [0.2, 0.25) is 0 Å². The van der Waals surface area contributed by atoms with E-state index in [9.17, 15) is 0 Å². The zero-order chi connectivity index (χ0) is 13.9. The Morgan fingerprint density at radius 3 is 2.35 bits per heavy atom. The van der Waals surface area contributed by atoms with Gasteiger partial charge in [-0.05, 0) is 40.8 Å². The molecule has 0 saturated heterocycles. The Kier molecular flexibility index (Phi) is 3.88. The maximum Gasteiger partial charge on any atom is 0.0444 e. The van der Waals surface area contributed by atoms with E-state index in [1.165, 1.54) is 27.5 Å². The molecule has 0 spiro atoms. The van der Waals surface area contributed by atoms with Crippen molar-refractivity contribution in [1.29, 1.82) is 0 Å². The number of fused-ring (bicyclic) bond motifs is 1. The van der Waals surface area contributed by atoms with E-state index in [-0.39, 0.29) is 0 Å². The quantitative estimate of drug-likeness (QED) is 0.532. The molecule has 0 N–H and O–H groups in total. The highest BCUT2D eigenvalue weighted by atomic mass is 79.9. The van der Waals surface area contributed by atoms with E-state index in [1.807, 2.05) is 0 Å². The summed E-state index contributed by atoms with van der Waals surface area (Å²) in [4.78, 5) is 0.344. The molecule has 0 aliphatic rings. The lowest BCUT2D eigenvalue weighted by molar-refractivity contribution is 0.948. The minimum absolute atomic E-state index is 0.344. The summed E-state index contributed by atoms with van der Waals surface area (Å²) in [6.07, 6.45) is 1.01. The van der Waals surface area contributed by atoms with Crippen LogP contribution in [0.5, 0.6) is 0 Å². The number of hydrogen-bond acceptors (Lipinski definition) is 0. The van der Waals surface area contributed by atoms with Crippen molar-refractivity contribution in [3.05, 3.63) is 83.4 Å². The molecule has 1 unspecified atom stereocenters. The lowest BCUT2D eigenvalue weighted by Gasteiger charge is -2.16. The summed E-state index contributed by atoms with van der Waals surface area (Å²) in [5.41, 5.74) is 4.12. The third-order valence-electron chi connectivity index (χ3n) is 3.76. The molecule has 0 nitrogen and oxygen atoms in total. The van der Waals surface area contributed by atoms with Crippen LogP contribution < -0.4 is 0 Å². The van der Waals surface area contributed by atoms with Crippen molar-refractivity contribution in [2.24, 2.45) is 0 Å². The second-order valence-corrected chi connectivity index (χ2v) is 6.28. The standard InChI is InChI=1S/C19H17Br/c1-14-11-12-16-9-5-6-10-17(16)19(14)18(20)13-15-7-3-2-4-8-15/h2-12,18H,13H2,1H3. The van der Waals surface area contributed by atoms with E-state index in [1.54, 1.807) is 0 Å². The van der Waals surface area contributed by atoms with Crippen molar-refractivity contribution in [3.63, 3.8) is 0 Å². The van der Waals surface area contributed by atoms with Crippen molar-refractivity contribution >= 4 is 26.7 Å². The molecule has 0 heterocycles. The van der Waals surface area contributed by atoms with E-state index < -0.39 is 0 Å². The SMILES string of the molecule is Cc1ccc2ccccc2c1C(Br)Cc1ccccc1. The van der Waals surface area contributed by atoms with Gasteiger partial charge in [0, 0.05) is 4.83 Å². The average Bonchev–Trinajstić information content (AvgIpc) is 2.48. The fraction of sp³-hybridized carbons (Fsp3) is 0.158. The second kappa shape index (κ2) is 5.80. The van der Waals surface area contributed by atoms with Crippen LogP contribution in [0, 0.1) is 6.92 Å². The van der Waals surface area contributed by atoms with Crippen LogP contribution >= 0.6 is 15.9 Å². The van der Waals surface area contributed by atoms with Crippen molar-refractivity contribution < 1.29 is 0 Å². The molecule has 0 amide bonds. The van der Waals surface area contributed by atoms with Crippen molar-refractivity contribution in [2.45, 2.75) is 18.2 Å². The first-order valence-corrected chi connectivity index (χ1v) is 7.83. The summed E-state index contributed by atoms with van der Waals surface area (Å²) in [6.45, 7) is 2.20. The second-order valence-electron chi connectivity index (χ2n) is 5.17. The molecular formula is C19H17Br. The molecule has 0 saturated carbocycles. The molecule has 0 aromatic heterocycles. The van der Waals surface area contributed by atoms with Gasteiger partial charge in [0.1, 0.15) is 0 Å². The molecule has 0 fully saturated rings. The molecule has 0 aliphatic carbocycles. The Balaban J connectivity index is 2.03. The fourth-order valence-corrected chi connectivity index (χ4v) is 3.73. The maximum absolute atomic E-state index is 3.89. The largest absolute Gasteiger partial charge is 0.0835 e. The van der Waals surface area contributed by atoms with Gasteiger partial charge in [-0.3, -0.25) is 0 Å². The molecule has 3 aromatic carbocycles. The smallest absolute Gasteiger partial charge is 0.0444 e. The third-order valence-corrected chi connectivity index (χ3v) is 4.54. The number of halogens is 1. The van der Waals surface area contributed by atoms with Gasteiger partial charge in [0.05, 0.1) is 0 Å². The van der Waals surface area contributed by atoms with Crippen LogP contribution in [0.15, 0.2) is 66.7 Å². The lowest BCUT2D eigenvalue weighted by Crippen LogP contribution is -1.99. The molecule has 0 bridgehead atoms. The summed E-state index contributed by atoms with van der Waals surface area (Å²) < 4.78 is 0. The van der Waals surface area contributed by atoms with Crippen molar-refractivity contribution in [2.75, 3.05) is 0 Å². The van der Waals surface area contributed by atoms with Gasteiger partial charge in [-0.15, -0.1) is 0 Å². The Morgan fingerprint density at radius 1 is 0.850 bits per heavy atom. The van der Waals surface area contributed by atoms with Gasteiger partial charge in [0.2, 0.25) is 0 Å². The fourth-order valence-electron chi connectivity index (χ4n) is 2.74. The van der Waals surface area contributed by atoms with Gasteiger partial charge >= 0.3 is 0 Å². The summed E-state index contributed by atoms with van der Waals surface area (Å²) in [5.74, 6) is 0. The van der Waals surface area contributed by atoms with Gasteiger partial charge < -0.3 is 0 Å². The van der Waals surface area contributed by atoms with E-state index in [2.05, 4.69) is 89.6 Å². The van der Waals surface area contributed by atoms with Gasteiger partial charge in [-0.2, -0.15) is 0 Å². The van der Waals surface area contributed by atoms with Gasteiger partial charge in [0.25, 0.3) is 0 Å². The molecule has 20 heavy (non-hydrogen) atoms. The van der Waals surface area contributed by atoms with Crippen molar-refractivity contribution in [1.82, 2.24) is 0 Å². The molecule has 3 rings (SSSR count). The monoisotopic (exact) mass is 324 g/mol. The lowest BCUT2D eigenvalue weighted by atomic mass is 9.94. The summed E-state index contributed by atoms with van der Waals surface area (Å²) in [5, 5.41) is 2.66. The van der Waals surface area contributed by atoms with E-state index in [0.717, 1.165) is 6.42 Å². The summed E-state index contributed by atoms with van der Waals surface area (Å²) in [6, 6.07) is 23.7. The maximum atomic E-state index is 3.89. The van der Waals surface area contributed by atoms with Crippen LogP contribution in [0.1, 0.15) is 21.5 Å². The number of aryl methyl sites for hydroxylation is 1. The Hall–Kier alpha value is -1.60. The number of hydrogen-bond donors (Lipinski definition) is 0. The van der Waals surface area contributed by atoms with Gasteiger partial charge in [0.15, 0.2) is 0 Å². The summed E-state index contributed by atoms with van der Waals surface area (Å²) >= 11 is 3.89. The molecular weight excluding hydrogens is 308 g/mol. The molecule has 0 radical (unpaired) electrons. The Bertz CT molecular complexity index is 716. The van der Waals surface area contributed by atoms with E-state index in [4.69, 9.17) is 0 Å². The Labute approximate surface area is 128 Å². The van der Waals surface area contributed by atoms with Crippen LogP contribution in [0.3, 0.4) is 0 Å². The van der Waals surface area contributed by atoms with Gasteiger partial charge in [-0.1, -0.05) is 82.7 Å². The van der Waals surface area contributed by atoms with Crippen LogP contribution in [-0.4, -0.2) is 0 Å². The first-order chi connectivity index (χ1) is 9.75. The first-order valence-electron chi connectivity index (χ1n) is 6.92. The molecule has 1 atom stereocenters. The van der Waals surface area contributed by atoms with Crippen LogP contribution in [-0.2, 0) is 6.42 Å². The molecule has 0 aliphatic heterocycles. The van der Waals surface area contributed by atoms with Gasteiger partial charge in [-0.25, -0.2) is 0 Å². The molecule has 100 valence electrons. The number of alkyl halides is 1. The van der Waals surface area contributed by atoms with Crippen molar-refractivity contribution in [3.8, 4) is 0 Å². The summed E-state index contributed by atoms with van der Waals surface area (Å²) in [7, 11) is 0. The Morgan fingerprint density at radius 2 is 1.55 bits per heavy atom. The van der Waals surface area contributed by atoms with E-state index >= 15 is 0 Å². The first kappa shape index (κ1) is 13.4. The van der Waals surface area contributed by atoms with E-state index in [0.29, 0.717) is 4.83 Å². The zero-order valence-electron chi connectivity index (χ0n) is 11.5. The zero-order valence-corrected chi connectivity index (χ0v) is 13.1. The topological polar surface area (TPSA) is 0 Å². The highest BCUT2D eigenvalue weighted by molar-refractivity contribution is 9.09. The predicted octanol–water partition coefficient (Wildman–Crippen LogP) is 5.83. The normalized spacial score (nSPS) is 12.5. The number of rotatable bonds is 3. The minimum Gasteiger partial charge on any atom is -0.0835 e. The minimum atomic E-state index is 0.344. The highest BCUT2D eigenvalue weighted by Crippen LogP contribution is 2.35. The number of benzene rings is 3. The molecule has 1 heteroatoms. The molecule has 3 aromatic rings. The highest BCUT2D eigenvalue weighted by Gasteiger charge is 2.14. The van der Waals surface area contributed by atoms with Crippen LogP contribution in [0.25, 0.3) is 10.8 Å². The average molecular weight is 325 g/mol. The predicted molar refractivity (Wildman–Crippen MR) is 90.5 cm³/mol. The third kappa shape index (κ3) is 2.64. The van der Waals surface area contributed by atoms with Crippen LogP contribution in [0.4, 0.5) is 0 Å².